The minimum atomic E-state index is -0.360. The van der Waals surface area contributed by atoms with Crippen LogP contribution in [0.2, 0.25) is 0 Å². The Morgan fingerprint density at radius 2 is 1.93 bits per heavy atom. The molecule has 0 unspecified atom stereocenters. The predicted molar refractivity (Wildman–Crippen MR) is 114 cm³/mol. The summed E-state index contributed by atoms with van der Waals surface area (Å²) in [6.45, 7) is 2.52. The van der Waals surface area contributed by atoms with Gasteiger partial charge in [-0.25, -0.2) is 5.43 Å². The number of aromatic amines is 1. The maximum atomic E-state index is 12.4. The Labute approximate surface area is 168 Å². The molecule has 6 heteroatoms. The standard InChI is InChI=1S/C23H20N4O2/c1-2-29-19-11-6-9-17(13-19)21-14-22(26-25-21)23(28)27-24-15-18-10-5-8-16-7-3-4-12-20(16)18/h3-15H,2H2,1H3,(H,25,26)(H,27,28)/b24-15+. The number of hydrazone groups is 1. The number of aromatic nitrogens is 2. The highest BCUT2D eigenvalue weighted by molar-refractivity contribution is 6.00. The van der Waals surface area contributed by atoms with Gasteiger partial charge in [0.15, 0.2) is 0 Å². The van der Waals surface area contributed by atoms with Crippen LogP contribution in [0.15, 0.2) is 77.9 Å². The van der Waals surface area contributed by atoms with Crippen molar-refractivity contribution in [1.29, 1.82) is 0 Å². The Hall–Kier alpha value is -3.93. The van der Waals surface area contributed by atoms with Crippen molar-refractivity contribution in [2.75, 3.05) is 6.61 Å². The van der Waals surface area contributed by atoms with Gasteiger partial charge < -0.3 is 4.74 Å². The van der Waals surface area contributed by atoms with Crippen molar-refractivity contribution in [1.82, 2.24) is 15.6 Å². The number of hydrogen-bond acceptors (Lipinski definition) is 4. The highest BCUT2D eigenvalue weighted by atomic mass is 16.5. The molecule has 2 N–H and O–H groups in total. The van der Waals surface area contributed by atoms with Crippen LogP contribution in [0.4, 0.5) is 0 Å². The number of nitrogens with one attached hydrogen (secondary N) is 2. The fourth-order valence-corrected chi connectivity index (χ4v) is 3.08. The summed E-state index contributed by atoms with van der Waals surface area (Å²) in [4.78, 5) is 12.4. The smallest absolute Gasteiger partial charge is 0.289 e. The van der Waals surface area contributed by atoms with Crippen molar-refractivity contribution in [2.24, 2.45) is 5.10 Å². The molecule has 0 spiro atoms. The molecule has 0 saturated carbocycles. The van der Waals surface area contributed by atoms with Crippen LogP contribution in [0.5, 0.6) is 5.75 Å². The summed E-state index contributed by atoms with van der Waals surface area (Å²) < 4.78 is 5.51. The third-order valence-corrected chi connectivity index (χ3v) is 4.46. The quantitative estimate of drug-likeness (QED) is 0.382. The average Bonchev–Trinajstić information content (AvgIpc) is 3.25. The van der Waals surface area contributed by atoms with Gasteiger partial charge in [0.25, 0.3) is 5.91 Å². The molecule has 1 aromatic heterocycles. The Morgan fingerprint density at radius 3 is 2.83 bits per heavy atom. The molecular weight excluding hydrogens is 364 g/mol. The molecule has 6 nitrogen and oxygen atoms in total. The van der Waals surface area contributed by atoms with Crippen LogP contribution >= 0.6 is 0 Å². The first-order valence-corrected chi connectivity index (χ1v) is 9.34. The van der Waals surface area contributed by atoms with E-state index in [1.807, 2.05) is 73.7 Å². The largest absolute Gasteiger partial charge is 0.494 e. The van der Waals surface area contributed by atoms with E-state index >= 15 is 0 Å². The fourth-order valence-electron chi connectivity index (χ4n) is 3.08. The third-order valence-electron chi connectivity index (χ3n) is 4.46. The van der Waals surface area contributed by atoms with E-state index in [1.165, 1.54) is 0 Å². The molecule has 1 amide bonds. The van der Waals surface area contributed by atoms with Crippen molar-refractivity contribution in [2.45, 2.75) is 6.92 Å². The van der Waals surface area contributed by atoms with E-state index in [2.05, 4.69) is 20.7 Å². The normalized spacial score (nSPS) is 11.1. The van der Waals surface area contributed by atoms with Crippen LogP contribution in [-0.2, 0) is 0 Å². The summed E-state index contributed by atoms with van der Waals surface area (Å²) >= 11 is 0. The monoisotopic (exact) mass is 384 g/mol. The zero-order valence-electron chi connectivity index (χ0n) is 15.9. The first kappa shape index (κ1) is 18.4. The van der Waals surface area contributed by atoms with Crippen LogP contribution in [0.25, 0.3) is 22.0 Å². The Balaban J connectivity index is 1.47. The maximum Gasteiger partial charge on any atom is 0.289 e. The zero-order valence-corrected chi connectivity index (χ0v) is 15.9. The van der Waals surface area contributed by atoms with E-state index in [4.69, 9.17) is 4.74 Å². The molecule has 144 valence electrons. The van der Waals surface area contributed by atoms with Crippen molar-refractivity contribution in [3.63, 3.8) is 0 Å². The SMILES string of the molecule is CCOc1cccc(-c2cc(C(=O)N/N=C/c3cccc4ccccc34)[nH]n2)c1. The van der Waals surface area contributed by atoms with Gasteiger partial charge in [-0.2, -0.15) is 10.2 Å². The van der Waals surface area contributed by atoms with E-state index in [-0.39, 0.29) is 5.91 Å². The van der Waals surface area contributed by atoms with Gasteiger partial charge in [-0.15, -0.1) is 0 Å². The van der Waals surface area contributed by atoms with Crippen molar-refractivity contribution in [3.8, 4) is 17.0 Å². The first-order chi connectivity index (χ1) is 14.2. The molecule has 4 aromatic rings. The number of rotatable bonds is 6. The van der Waals surface area contributed by atoms with Gasteiger partial charge in [-0.3, -0.25) is 9.89 Å². The molecule has 0 radical (unpaired) electrons. The highest BCUT2D eigenvalue weighted by Crippen LogP contribution is 2.23. The van der Waals surface area contributed by atoms with Crippen molar-refractivity contribution >= 4 is 22.9 Å². The molecular formula is C23H20N4O2. The Kier molecular flexibility index (Phi) is 5.33. The fraction of sp³-hybridized carbons (Fsp3) is 0.0870. The van der Waals surface area contributed by atoms with E-state index in [0.29, 0.717) is 18.0 Å². The van der Waals surface area contributed by atoms with E-state index in [0.717, 1.165) is 27.6 Å². The second kappa shape index (κ2) is 8.39. The molecule has 4 rings (SSSR count). The molecule has 0 aliphatic rings. The lowest BCUT2D eigenvalue weighted by atomic mass is 10.1. The third kappa shape index (κ3) is 4.16. The second-order valence-electron chi connectivity index (χ2n) is 6.40. The number of carbonyl (C=O) groups is 1. The van der Waals surface area contributed by atoms with Crippen LogP contribution in [0, 0.1) is 0 Å². The lowest BCUT2D eigenvalue weighted by Crippen LogP contribution is -2.18. The number of benzene rings is 3. The molecule has 3 aromatic carbocycles. The lowest BCUT2D eigenvalue weighted by Gasteiger charge is -2.03. The van der Waals surface area contributed by atoms with Crippen molar-refractivity contribution < 1.29 is 9.53 Å². The summed E-state index contributed by atoms with van der Waals surface area (Å²) in [5.74, 6) is 0.403. The number of nitrogens with zero attached hydrogens (tertiary/aromatic N) is 2. The van der Waals surface area contributed by atoms with Crippen molar-refractivity contribution in [3.05, 3.63) is 84.1 Å². The lowest BCUT2D eigenvalue weighted by molar-refractivity contribution is 0.0950. The number of ether oxygens (including phenoxy) is 1. The maximum absolute atomic E-state index is 12.4. The molecule has 0 aliphatic heterocycles. The summed E-state index contributed by atoms with van der Waals surface area (Å²) in [7, 11) is 0. The molecule has 1 heterocycles. The van der Waals surface area contributed by atoms with Crippen LogP contribution in [0.3, 0.4) is 0 Å². The molecule has 0 bridgehead atoms. The van der Waals surface area contributed by atoms with Crippen LogP contribution < -0.4 is 10.2 Å². The highest BCUT2D eigenvalue weighted by Gasteiger charge is 2.11. The van der Waals surface area contributed by atoms with Gasteiger partial charge in [0, 0.05) is 11.1 Å². The number of amides is 1. The minimum absolute atomic E-state index is 0.330. The topological polar surface area (TPSA) is 79.4 Å². The van der Waals surface area contributed by atoms with Crippen LogP contribution in [-0.4, -0.2) is 28.9 Å². The molecule has 0 aliphatic carbocycles. The van der Waals surface area contributed by atoms with Gasteiger partial charge in [-0.1, -0.05) is 54.6 Å². The summed E-state index contributed by atoms with van der Waals surface area (Å²) in [5.41, 5.74) is 5.33. The molecule has 0 atom stereocenters. The average molecular weight is 384 g/mol. The number of carbonyl (C=O) groups excluding carboxylic acids is 1. The minimum Gasteiger partial charge on any atom is -0.494 e. The summed E-state index contributed by atoms with van der Waals surface area (Å²) in [5, 5.41) is 13.3. The van der Waals surface area contributed by atoms with Gasteiger partial charge in [0.1, 0.15) is 11.4 Å². The van der Waals surface area contributed by atoms with Gasteiger partial charge in [0.2, 0.25) is 0 Å². The first-order valence-electron chi connectivity index (χ1n) is 9.34. The molecule has 0 saturated heterocycles. The van der Waals surface area contributed by atoms with E-state index in [1.54, 1.807) is 12.3 Å². The zero-order chi connectivity index (χ0) is 20.1. The molecule has 0 fully saturated rings. The van der Waals surface area contributed by atoms with Gasteiger partial charge in [-0.05, 0) is 35.9 Å². The Morgan fingerprint density at radius 1 is 1.10 bits per heavy atom. The molecule has 29 heavy (non-hydrogen) atoms. The van der Waals surface area contributed by atoms with Gasteiger partial charge in [0.05, 0.1) is 18.5 Å². The number of H-pyrrole nitrogens is 1. The number of hydrogen-bond donors (Lipinski definition) is 2. The summed E-state index contributed by atoms with van der Waals surface area (Å²) in [6, 6.07) is 23.3. The van der Waals surface area contributed by atoms with E-state index < -0.39 is 0 Å². The summed E-state index contributed by atoms with van der Waals surface area (Å²) in [6.07, 6.45) is 1.64. The van der Waals surface area contributed by atoms with Gasteiger partial charge >= 0.3 is 0 Å². The van der Waals surface area contributed by atoms with Crippen LogP contribution in [0.1, 0.15) is 23.0 Å². The second-order valence-corrected chi connectivity index (χ2v) is 6.40. The van der Waals surface area contributed by atoms with E-state index in [9.17, 15) is 4.79 Å². The predicted octanol–water partition coefficient (Wildman–Crippen LogP) is 4.39. The Bertz CT molecular complexity index is 1170. The number of fused-ring (bicyclic) bond motifs is 1.